The van der Waals surface area contributed by atoms with Crippen LogP contribution in [0.3, 0.4) is 0 Å². The van der Waals surface area contributed by atoms with E-state index >= 15 is 0 Å². The average molecular weight is 353 g/mol. The molecule has 0 spiro atoms. The van der Waals surface area contributed by atoms with Crippen LogP contribution in [0.4, 0.5) is 0 Å². The third kappa shape index (κ3) is 4.10. The van der Waals surface area contributed by atoms with Crippen LogP contribution in [0.15, 0.2) is 35.5 Å². The number of benzene rings is 1. The van der Waals surface area contributed by atoms with Crippen molar-refractivity contribution in [1.82, 2.24) is 9.88 Å². The molecule has 1 aliphatic heterocycles. The molecule has 0 amide bonds. The Morgan fingerprint density at radius 1 is 1.38 bits per heavy atom. The Morgan fingerprint density at radius 2 is 2.23 bits per heavy atom. The molecule has 0 N–H and O–H groups in total. The molecule has 2 unspecified atom stereocenters. The minimum Gasteiger partial charge on any atom is -0.469 e. The predicted octanol–water partition coefficient (Wildman–Crippen LogP) is 3.27. The molecule has 1 fully saturated rings. The largest absolute Gasteiger partial charge is 0.469 e. The second kappa shape index (κ2) is 8.41. The Morgan fingerprint density at radius 3 is 3.00 bits per heavy atom. The number of pyridine rings is 1. The molecule has 0 saturated carbocycles. The molecule has 3 rings (SSSR count). The second-order valence-corrected chi connectivity index (χ2v) is 7.15. The summed E-state index contributed by atoms with van der Waals surface area (Å²) in [5.74, 6) is 0.892. The molecule has 2 aromatic rings. The minimum absolute atomic E-state index is 0.141. The number of hydrogen-bond donors (Lipinski definition) is 0. The summed E-state index contributed by atoms with van der Waals surface area (Å²) >= 11 is 0. The summed E-state index contributed by atoms with van der Waals surface area (Å²) in [5, 5.41) is 1.21. The topological polar surface area (TPSA) is 54.8 Å². The monoisotopic (exact) mass is 353 g/mol. The third-order valence-corrected chi connectivity index (χ3v) is 5.14. The Kier molecular flexibility index (Phi) is 5.99. The standard InChI is InChI=1S/C21H27N3O2/c1-15-11-17(14-24(13-15)10-8-20(25)26-3)18-7-6-16(12-22-2)21-19(18)5-4-9-23-21/h4-7,9,12,15,17H,8,10-11,13-14H2,1-3H3. The van der Waals surface area contributed by atoms with E-state index in [0.29, 0.717) is 18.3 Å². The van der Waals surface area contributed by atoms with Gasteiger partial charge in [0, 0.05) is 50.0 Å². The molecule has 1 aromatic heterocycles. The quantitative estimate of drug-likeness (QED) is 0.611. The van der Waals surface area contributed by atoms with Crippen molar-refractivity contribution in [3.8, 4) is 0 Å². The van der Waals surface area contributed by atoms with E-state index in [-0.39, 0.29) is 5.97 Å². The fourth-order valence-corrected chi connectivity index (χ4v) is 4.04. The Bertz CT molecular complexity index is 803. The zero-order chi connectivity index (χ0) is 18.5. The van der Waals surface area contributed by atoms with Crippen LogP contribution in [0.1, 0.15) is 36.8 Å². The molecular formula is C21H27N3O2. The first-order valence-corrected chi connectivity index (χ1v) is 9.21. The van der Waals surface area contributed by atoms with E-state index in [2.05, 4.69) is 40.0 Å². The lowest BCUT2D eigenvalue weighted by atomic mass is 9.83. The highest BCUT2D eigenvalue weighted by Crippen LogP contribution is 2.34. The van der Waals surface area contributed by atoms with E-state index in [1.807, 2.05) is 18.5 Å². The van der Waals surface area contributed by atoms with Crippen LogP contribution in [-0.2, 0) is 9.53 Å². The third-order valence-electron chi connectivity index (χ3n) is 5.14. The van der Waals surface area contributed by atoms with Crippen LogP contribution in [0, 0.1) is 5.92 Å². The molecule has 2 heterocycles. The number of rotatable bonds is 5. The van der Waals surface area contributed by atoms with Gasteiger partial charge in [0.05, 0.1) is 19.0 Å². The van der Waals surface area contributed by atoms with Gasteiger partial charge in [-0.05, 0) is 29.9 Å². The van der Waals surface area contributed by atoms with E-state index in [1.54, 1.807) is 7.05 Å². The molecule has 0 radical (unpaired) electrons. The number of carbonyl (C=O) groups excluding carboxylic acids is 1. The summed E-state index contributed by atoms with van der Waals surface area (Å²) in [7, 11) is 3.23. The number of aliphatic imine (C=N–C) groups is 1. The van der Waals surface area contributed by atoms with Gasteiger partial charge in [-0.3, -0.25) is 14.8 Å². The zero-order valence-electron chi connectivity index (χ0n) is 15.8. The molecule has 1 saturated heterocycles. The smallest absolute Gasteiger partial charge is 0.306 e. The Labute approximate surface area is 155 Å². The molecule has 5 nitrogen and oxygen atoms in total. The maximum Gasteiger partial charge on any atom is 0.306 e. The van der Waals surface area contributed by atoms with Gasteiger partial charge in [0.15, 0.2) is 0 Å². The van der Waals surface area contributed by atoms with Crippen LogP contribution in [0.2, 0.25) is 0 Å². The van der Waals surface area contributed by atoms with E-state index in [0.717, 1.165) is 37.1 Å². The summed E-state index contributed by atoms with van der Waals surface area (Å²) < 4.78 is 4.79. The van der Waals surface area contributed by atoms with Crippen LogP contribution >= 0.6 is 0 Å². The number of fused-ring (bicyclic) bond motifs is 1. The number of hydrogen-bond acceptors (Lipinski definition) is 5. The molecule has 2 atom stereocenters. The van der Waals surface area contributed by atoms with Crippen molar-refractivity contribution in [2.45, 2.75) is 25.7 Å². The van der Waals surface area contributed by atoms with Crippen molar-refractivity contribution in [1.29, 1.82) is 0 Å². The van der Waals surface area contributed by atoms with Gasteiger partial charge in [-0.1, -0.05) is 25.1 Å². The molecule has 138 valence electrons. The van der Waals surface area contributed by atoms with Gasteiger partial charge in [0.1, 0.15) is 0 Å². The Hall–Kier alpha value is -2.27. The second-order valence-electron chi connectivity index (χ2n) is 7.15. The fourth-order valence-electron chi connectivity index (χ4n) is 4.04. The number of esters is 1. The number of ether oxygens (including phenoxy) is 1. The van der Waals surface area contributed by atoms with Crippen molar-refractivity contribution < 1.29 is 9.53 Å². The van der Waals surface area contributed by atoms with Crippen molar-refractivity contribution in [3.63, 3.8) is 0 Å². The number of aromatic nitrogens is 1. The summed E-state index contributed by atoms with van der Waals surface area (Å²) in [4.78, 5) is 22.6. The highest BCUT2D eigenvalue weighted by atomic mass is 16.5. The van der Waals surface area contributed by atoms with Gasteiger partial charge in [0.2, 0.25) is 0 Å². The van der Waals surface area contributed by atoms with Crippen LogP contribution < -0.4 is 0 Å². The molecule has 0 bridgehead atoms. The van der Waals surface area contributed by atoms with Crippen LogP contribution in [0.5, 0.6) is 0 Å². The molecular weight excluding hydrogens is 326 g/mol. The number of methoxy groups -OCH3 is 1. The lowest BCUT2D eigenvalue weighted by Crippen LogP contribution is -2.39. The summed E-state index contributed by atoms with van der Waals surface area (Å²) in [6.07, 6.45) is 5.31. The van der Waals surface area contributed by atoms with Gasteiger partial charge in [-0.2, -0.15) is 0 Å². The van der Waals surface area contributed by atoms with Crippen molar-refractivity contribution in [2.24, 2.45) is 10.9 Å². The summed E-state index contributed by atoms with van der Waals surface area (Å²) in [6, 6.07) is 8.50. The lowest BCUT2D eigenvalue weighted by Gasteiger charge is -2.37. The highest BCUT2D eigenvalue weighted by Gasteiger charge is 2.27. The maximum atomic E-state index is 11.5. The fraction of sp³-hybridized carbons (Fsp3) is 0.476. The first kappa shape index (κ1) is 18.5. The van der Waals surface area contributed by atoms with Crippen molar-refractivity contribution >= 4 is 23.1 Å². The van der Waals surface area contributed by atoms with E-state index < -0.39 is 0 Å². The average Bonchev–Trinajstić information content (AvgIpc) is 2.66. The van der Waals surface area contributed by atoms with E-state index in [1.165, 1.54) is 18.1 Å². The van der Waals surface area contributed by atoms with Gasteiger partial charge >= 0.3 is 5.97 Å². The SMILES string of the molecule is CN=Cc1ccc(C2CC(C)CN(CCC(=O)OC)C2)c2cccnc12. The predicted molar refractivity (Wildman–Crippen MR) is 105 cm³/mol. The van der Waals surface area contributed by atoms with Gasteiger partial charge in [0.25, 0.3) is 0 Å². The molecule has 1 aromatic carbocycles. The first-order chi connectivity index (χ1) is 12.6. The van der Waals surface area contributed by atoms with Crippen molar-refractivity contribution in [3.05, 3.63) is 41.6 Å². The van der Waals surface area contributed by atoms with Crippen molar-refractivity contribution in [2.75, 3.05) is 33.8 Å². The number of carbonyl (C=O) groups is 1. The lowest BCUT2D eigenvalue weighted by molar-refractivity contribution is -0.141. The number of piperidine rings is 1. The first-order valence-electron chi connectivity index (χ1n) is 9.21. The molecule has 26 heavy (non-hydrogen) atoms. The maximum absolute atomic E-state index is 11.5. The summed E-state index contributed by atoms with van der Waals surface area (Å²) in [5.41, 5.74) is 3.41. The van der Waals surface area contributed by atoms with Gasteiger partial charge < -0.3 is 9.64 Å². The summed E-state index contributed by atoms with van der Waals surface area (Å²) in [6.45, 7) is 5.04. The minimum atomic E-state index is -0.141. The van der Waals surface area contributed by atoms with Crippen LogP contribution in [-0.4, -0.2) is 55.9 Å². The zero-order valence-corrected chi connectivity index (χ0v) is 15.8. The molecule has 0 aliphatic carbocycles. The number of nitrogens with zero attached hydrogens (tertiary/aromatic N) is 3. The Balaban J connectivity index is 1.88. The highest BCUT2D eigenvalue weighted by molar-refractivity contribution is 5.98. The molecule has 1 aliphatic rings. The van der Waals surface area contributed by atoms with Gasteiger partial charge in [-0.15, -0.1) is 0 Å². The normalized spacial score (nSPS) is 21.3. The van der Waals surface area contributed by atoms with Gasteiger partial charge in [-0.25, -0.2) is 0 Å². The van der Waals surface area contributed by atoms with Crippen LogP contribution in [0.25, 0.3) is 10.9 Å². The van der Waals surface area contributed by atoms with E-state index in [4.69, 9.17) is 4.74 Å². The molecule has 5 heteroatoms. The van der Waals surface area contributed by atoms with E-state index in [9.17, 15) is 4.79 Å². The number of likely N-dealkylation sites (tertiary alicyclic amines) is 1.